The topological polar surface area (TPSA) is 69.4 Å². The molecule has 0 aromatic heterocycles. The second-order valence-electron chi connectivity index (χ2n) is 5.22. The fourth-order valence-electron chi connectivity index (χ4n) is 2.00. The minimum absolute atomic E-state index is 0.0436. The van der Waals surface area contributed by atoms with Crippen molar-refractivity contribution in [1.29, 1.82) is 0 Å². The lowest BCUT2D eigenvalue weighted by Crippen LogP contribution is -2.19. The largest absolute Gasteiger partial charge is 0.493 e. The molecule has 0 saturated carbocycles. The quantitative estimate of drug-likeness (QED) is 0.755. The van der Waals surface area contributed by atoms with Gasteiger partial charge < -0.3 is 10.5 Å². The Labute approximate surface area is 129 Å². The molecule has 1 rings (SSSR count). The lowest BCUT2D eigenvalue weighted by molar-refractivity contribution is 0.311. The van der Waals surface area contributed by atoms with E-state index in [1.165, 1.54) is 6.26 Å². The van der Waals surface area contributed by atoms with Gasteiger partial charge in [-0.05, 0) is 49.9 Å². The number of nitrogens with two attached hydrogens (primary N) is 1. The van der Waals surface area contributed by atoms with Crippen LogP contribution in [0.5, 0.6) is 5.75 Å². The molecule has 0 spiro atoms. The van der Waals surface area contributed by atoms with Crippen molar-refractivity contribution >= 4 is 25.8 Å². The molecule has 0 bridgehead atoms. The highest BCUT2D eigenvalue weighted by Gasteiger charge is 2.11. The molecule has 0 amide bonds. The fraction of sp³-hybridized carbons (Fsp3) is 0.571. The predicted molar refractivity (Wildman–Crippen MR) is 86.1 cm³/mol. The minimum Gasteiger partial charge on any atom is -0.493 e. The maximum Gasteiger partial charge on any atom is 0.147 e. The third-order valence-corrected chi connectivity index (χ3v) is 4.25. The minimum atomic E-state index is -2.93. The number of ether oxygens (including phenoxy) is 1. The molecular weight excluding hydrogens is 342 g/mol. The lowest BCUT2D eigenvalue weighted by atomic mass is 10.0. The van der Waals surface area contributed by atoms with Crippen molar-refractivity contribution in [3.63, 3.8) is 0 Å². The zero-order valence-electron chi connectivity index (χ0n) is 12.1. The Morgan fingerprint density at radius 2 is 2.05 bits per heavy atom. The van der Waals surface area contributed by atoms with E-state index in [4.69, 9.17) is 10.5 Å². The number of hydrogen-bond donors (Lipinski definition) is 1. The monoisotopic (exact) mass is 363 g/mol. The molecule has 0 aliphatic rings. The molecule has 114 valence electrons. The van der Waals surface area contributed by atoms with Crippen LogP contribution in [0.2, 0.25) is 0 Å². The van der Waals surface area contributed by atoms with E-state index in [-0.39, 0.29) is 11.8 Å². The Morgan fingerprint density at radius 1 is 1.40 bits per heavy atom. The van der Waals surface area contributed by atoms with Crippen molar-refractivity contribution in [2.45, 2.75) is 32.7 Å². The molecule has 0 saturated heterocycles. The average molecular weight is 364 g/mol. The Balaban J connectivity index is 2.77. The Hall–Kier alpha value is -0.590. The van der Waals surface area contributed by atoms with Crippen molar-refractivity contribution < 1.29 is 13.2 Å². The molecule has 20 heavy (non-hydrogen) atoms. The third kappa shape index (κ3) is 6.24. The van der Waals surface area contributed by atoms with E-state index >= 15 is 0 Å². The van der Waals surface area contributed by atoms with Gasteiger partial charge in [0.1, 0.15) is 15.6 Å². The number of benzene rings is 1. The van der Waals surface area contributed by atoms with Gasteiger partial charge in [-0.3, -0.25) is 0 Å². The maximum absolute atomic E-state index is 11.1. The number of sulfone groups is 1. The van der Waals surface area contributed by atoms with Crippen LogP contribution in [0.3, 0.4) is 0 Å². The molecule has 1 aromatic rings. The number of aryl methyl sites for hydroxylation is 1. The van der Waals surface area contributed by atoms with Crippen molar-refractivity contribution in [2.75, 3.05) is 18.6 Å². The van der Waals surface area contributed by atoms with Gasteiger partial charge in [0.05, 0.1) is 12.4 Å². The molecule has 1 atom stereocenters. The van der Waals surface area contributed by atoms with Gasteiger partial charge in [0.25, 0.3) is 0 Å². The van der Waals surface area contributed by atoms with E-state index in [2.05, 4.69) is 15.9 Å². The van der Waals surface area contributed by atoms with Crippen LogP contribution in [0.25, 0.3) is 0 Å². The van der Waals surface area contributed by atoms with Crippen molar-refractivity contribution in [3.05, 3.63) is 27.7 Å². The lowest BCUT2D eigenvalue weighted by Gasteiger charge is -2.16. The smallest absolute Gasteiger partial charge is 0.147 e. The summed E-state index contributed by atoms with van der Waals surface area (Å²) in [6.07, 6.45) is 2.45. The summed E-state index contributed by atoms with van der Waals surface area (Å²) in [6, 6.07) is 4.03. The van der Waals surface area contributed by atoms with E-state index in [0.717, 1.165) is 27.8 Å². The van der Waals surface area contributed by atoms with Gasteiger partial charge in [0.15, 0.2) is 0 Å². The first-order valence-electron chi connectivity index (χ1n) is 6.54. The first-order chi connectivity index (χ1) is 9.19. The summed E-state index contributed by atoms with van der Waals surface area (Å²) in [5.41, 5.74) is 7.93. The van der Waals surface area contributed by atoms with Crippen molar-refractivity contribution in [2.24, 2.45) is 5.73 Å². The zero-order chi connectivity index (χ0) is 15.3. The normalized spacial score (nSPS) is 13.2. The van der Waals surface area contributed by atoms with Crippen LogP contribution < -0.4 is 10.5 Å². The molecule has 1 unspecified atom stereocenters. The van der Waals surface area contributed by atoms with Crippen LogP contribution in [0.4, 0.5) is 0 Å². The summed E-state index contributed by atoms with van der Waals surface area (Å²) in [5, 5.41) is 0. The van der Waals surface area contributed by atoms with Crippen LogP contribution in [-0.2, 0) is 16.3 Å². The number of hydrogen-bond acceptors (Lipinski definition) is 4. The summed E-state index contributed by atoms with van der Waals surface area (Å²) in [5.74, 6) is 0.963. The summed E-state index contributed by atoms with van der Waals surface area (Å²) < 4.78 is 28.9. The number of halogens is 1. The molecular formula is C14H22BrNO3S. The maximum atomic E-state index is 11.1. The van der Waals surface area contributed by atoms with E-state index in [0.29, 0.717) is 13.0 Å². The van der Waals surface area contributed by atoms with Gasteiger partial charge in [-0.2, -0.15) is 0 Å². The number of rotatable bonds is 7. The van der Waals surface area contributed by atoms with E-state index in [1.54, 1.807) is 0 Å². The van der Waals surface area contributed by atoms with Crippen LogP contribution in [0.1, 0.15) is 24.5 Å². The molecule has 4 nitrogen and oxygen atoms in total. The standard InChI is InChI=1S/C14H22BrNO3S/c1-10-7-13(15)9-12(8-11(2)16)14(10)19-5-4-6-20(3,17)18/h7,9,11H,4-6,8,16H2,1-3H3. The first-order valence-corrected chi connectivity index (χ1v) is 9.39. The summed E-state index contributed by atoms with van der Waals surface area (Å²) in [6.45, 7) is 4.31. The predicted octanol–water partition coefficient (Wildman–Crippen LogP) is 2.46. The van der Waals surface area contributed by atoms with Crippen LogP contribution in [0, 0.1) is 6.92 Å². The third-order valence-electron chi connectivity index (χ3n) is 2.76. The highest BCUT2D eigenvalue weighted by Crippen LogP contribution is 2.29. The van der Waals surface area contributed by atoms with Gasteiger partial charge in [-0.15, -0.1) is 0 Å². The van der Waals surface area contributed by atoms with Gasteiger partial charge in [0.2, 0.25) is 0 Å². The molecule has 0 heterocycles. The highest BCUT2D eigenvalue weighted by molar-refractivity contribution is 9.10. The molecule has 0 aliphatic carbocycles. The average Bonchev–Trinajstić information content (AvgIpc) is 2.24. The van der Waals surface area contributed by atoms with Gasteiger partial charge in [-0.1, -0.05) is 15.9 Å². The molecule has 0 fully saturated rings. The molecule has 0 aliphatic heterocycles. The van der Waals surface area contributed by atoms with Gasteiger partial charge in [-0.25, -0.2) is 8.42 Å². The Kier molecular flexibility index (Phi) is 6.48. The Bertz CT molecular complexity index is 556. The fourth-order valence-corrected chi connectivity index (χ4v) is 3.26. The first kappa shape index (κ1) is 17.5. The van der Waals surface area contributed by atoms with Gasteiger partial charge >= 0.3 is 0 Å². The summed E-state index contributed by atoms with van der Waals surface area (Å²) in [4.78, 5) is 0. The van der Waals surface area contributed by atoms with E-state index < -0.39 is 9.84 Å². The molecule has 1 aromatic carbocycles. The second-order valence-corrected chi connectivity index (χ2v) is 8.40. The molecule has 2 N–H and O–H groups in total. The Morgan fingerprint density at radius 3 is 2.60 bits per heavy atom. The highest BCUT2D eigenvalue weighted by atomic mass is 79.9. The summed E-state index contributed by atoms with van der Waals surface area (Å²) in [7, 11) is -2.93. The second kappa shape index (κ2) is 7.43. The van der Waals surface area contributed by atoms with Crippen molar-refractivity contribution in [1.82, 2.24) is 0 Å². The zero-order valence-corrected chi connectivity index (χ0v) is 14.6. The SMILES string of the molecule is Cc1cc(Br)cc(CC(C)N)c1OCCCS(C)(=O)=O. The van der Waals surface area contributed by atoms with Crippen LogP contribution in [0.15, 0.2) is 16.6 Å². The van der Waals surface area contributed by atoms with Crippen LogP contribution in [-0.4, -0.2) is 33.1 Å². The van der Waals surface area contributed by atoms with Gasteiger partial charge in [0, 0.05) is 16.8 Å². The summed E-state index contributed by atoms with van der Waals surface area (Å²) >= 11 is 3.47. The molecule has 0 radical (unpaired) electrons. The van der Waals surface area contributed by atoms with E-state index in [1.807, 2.05) is 26.0 Å². The van der Waals surface area contributed by atoms with E-state index in [9.17, 15) is 8.42 Å². The van der Waals surface area contributed by atoms with Crippen molar-refractivity contribution in [3.8, 4) is 5.75 Å². The molecule has 6 heteroatoms. The van der Waals surface area contributed by atoms with Crippen LogP contribution >= 0.6 is 15.9 Å².